The Morgan fingerprint density at radius 3 is 2.70 bits per heavy atom. The highest BCUT2D eigenvalue weighted by molar-refractivity contribution is 5.75. The maximum atomic E-state index is 12.1. The van der Waals surface area contributed by atoms with Gasteiger partial charge >= 0.3 is 6.03 Å². The Balaban J connectivity index is 1.57. The number of amides is 2. The summed E-state index contributed by atoms with van der Waals surface area (Å²) in [4.78, 5) is 18.0. The lowest BCUT2D eigenvalue weighted by atomic mass is 10.1. The molecule has 1 aliphatic rings. The fraction of sp³-hybridized carbons (Fsp3) is 0.250. The molecule has 4 heteroatoms. The van der Waals surface area contributed by atoms with Crippen molar-refractivity contribution in [2.45, 2.75) is 26.6 Å². The van der Waals surface area contributed by atoms with Crippen molar-refractivity contribution in [3.05, 3.63) is 65.0 Å². The molecular weight excluding hydrogens is 250 g/mol. The van der Waals surface area contributed by atoms with E-state index in [1.165, 1.54) is 11.1 Å². The molecule has 2 heterocycles. The Bertz CT molecular complexity index is 597. The van der Waals surface area contributed by atoms with Crippen LogP contribution in [0.15, 0.2) is 42.7 Å². The van der Waals surface area contributed by atoms with Gasteiger partial charge in [-0.3, -0.25) is 4.98 Å². The smallest absolute Gasteiger partial charge is 0.318 e. The number of fused-ring (bicyclic) bond motifs is 1. The quantitative estimate of drug-likeness (QED) is 0.909. The Morgan fingerprint density at radius 2 is 1.95 bits per heavy atom. The third kappa shape index (κ3) is 2.64. The molecule has 4 nitrogen and oxygen atoms in total. The number of hydrogen-bond acceptors (Lipinski definition) is 2. The number of carbonyl (C=O) groups excluding carboxylic acids is 1. The van der Waals surface area contributed by atoms with E-state index in [0.29, 0.717) is 19.6 Å². The van der Waals surface area contributed by atoms with Crippen LogP contribution in [-0.4, -0.2) is 15.9 Å². The van der Waals surface area contributed by atoms with Crippen molar-refractivity contribution in [1.82, 2.24) is 15.2 Å². The first-order chi connectivity index (χ1) is 9.72. The van der Waals surface area contributed by atoms with Crippen LogP contribution in [0.5, 0.6) is 0 Å². The molecule has 3 rings (SSSR count). The highest BCUT2D eigenvalue weighted by Gasteiger charge is 2.22. The molecule has 1 aromatic carbocycles. The fourth-order valence-corrected chi connectivity index (χ4v) is 2.36. The monoisotopic (exact) mass is 267 g/mol. The third-order valence-electron chi connectivity index (χ3n) is 3.58. The molecule has 1 N–H and O–H groups in total. The molecule has 0 atom stereocenters. The van der Waals surface area contributed by atoms with Gasteiger partial charge in [0, 0.05) is 32.0 Å². The van der Waals surface area contributed by atoms with E-state index in [4.69, 9.17) is 0 Å². The number of nitrogens with zero attached hydrogens (tertiary/aromatic N) is 2. The van der Waals surface area contributed by atoms with Crippen LogP contribution in [-0.2, 0) is 19.6 Å². The molecule has 0 radical (unpaired) electrons. The van der Waals surface area contributed by atoms with E-state index in [1.54, 1.807) is 11.1 Å². The van der Waals surface area contributed by atoms with Gasteiger partial charge in [0.25, 0.3) is 0 Å². The predicted octanol–water partition coefficient (Wildman–Crippen LogP) is 2.62. The SMILES string of the molecule is Cc1ccc(CNC(=O)N2Cc3ccncc3C2)cc1. The molecule has 0 bridgehead atoms. The lowest BCUT2D eigenvalue weighted by Gasteiger charge is -2.16. The molecule has 0 saturated heterocycles. The summed E-state index contributed by atoms with van der Waals surface area (Å²) in [5.41, 5.74) is 4.66. The third-order valence-corrected chi connectivity index (χ3v) is 3.58. The van der Waals surface area contributed by atoms with Crippen LogP contribution in [0.4, 0.5) is 4.79 Å². The Kier molecular flexibility index (Phi) is 3.37. The van der Waals surface area contributed by atoms with Gasteiger partial charge in [0.05, 0.1) is 0 Å². The van der Waals surface area contributed by atoms with Crippen LogP contribution < -0.4 is 5.32 Å². The van der Waals surface area contributed by atoms with Crippen LogP contribution in [0.1, 0.15) is 22.3 Å². The maximum Gasteiger partial charge on any atom is 0.318 e. The number of urea groups is 1. The van der Waals surface area contributed by atoms with E-state index in [2.05, 4.69) is 29.4 Å². The van der Waals surface area contributed by atoms with Gasteiger partial charge in [0.1, 0.15) is 0 Å². The van der Waals surface area contributed by atoms with Crippen molar-refractivity contribution < 1.29 is 4.79 Å². The number of aromatic nitrogens is 1. The van der Waals surface area contributed by atoms with Gasteiger partial charge in [0.2, 0.25) is 0 Å². The lowest BCUT2D eigenvalue weighted by molar-refractivity contribution is 0.198. The van der Waals surface area contributed by atoms with Gasteiger partial charge in [-0.2, -0.15) is 0 Å². The second-order valence-corrected chi connectivity index (χ2v) is 5.14. The summed E-state index contributed by atoms with van der Waals surface area (Å²) in [5, 5.41) is 2.96. The minimum Gasteiger partial charge on any atom is -0.334 e. The van der Waals surface area contributed by atoms with E-state index in [1.807, 2.05) is 24.4 Å². The molecule has 0 spiro atoms. The minimum atomic E-state index is -0.0261. The first kappa shape index (κ1) is 12.7. The highest BCUT2D eigenvalue weighted by atomic mass is 16.2. The van der Waals surface area contributed by atoms with Crippen molar-refractivity contribution in [2.75, 3.05) is 0 Å². The summed E-state index contributed by atoms with van der Waals surface area (Å²) in [5.74, 6) is 0. The molecule has 2 amide bonds. The molecule has 2 aromatic rings. The molecule has 20 heavy (non-hydrogen) atoms. The van der Waals surface area contributed by atoms with Gasteiger partial charge in [-0.05, 0) is 29.7 Å². The normalized spacial score (nSPS) is 13.2. The van der Waals surface area contributed by atoms with Crippen LogP contribution in [0.2, 0.25) is 0 Å². The number of benzene rings is 1. The molecule has 1 aliphatic heterocycles. The Morgan fingerprint density at radius 1 is 1.20 bits per heavy atom. The number of rotatable bonds is 2. The van der Waals surface area contributed by atoms with Gasteiger partial charge in [-0.15, -0.1) is 0 Å². The number of carbonyl (C=O) groups is 1. The second-order valence-electron chi connectivity index (χ2n) is 5.14. The zero-order valence-electron chi connectivity index (χ0n) is 11.5. The fourth-order valence-electron chi connectivity index (χ4n) is 2.36. The molecule has 0 unspecified atom stereocenters. The Labute approximate surface area is 118 Å². The molecule has 0 fully saturated rings. The van der Waals surface area contributed by atoms with E-state index in [9.17, 15) is 4.79 Å². The summed E-state index contributed by atoms with van der Waals surface area (Å²) in [6.07, 6.45) is 3.61. The average molecular weight is 267 g/mol. The summed E-state index contributed by atoms with van der Waals surface area (Å²) in [6.45, 7) is 3.92. The molecule has 1 aromatic heterocycles. The van der Waals surface area contributed by atoms with E-state index >= 15 is 0 Å². The zero-order chi connectivity index (χ0) is 13.9. The lowest BCUT2D eigenvalue weighted by Crippen LogP contribution is -2.35. The van der Waals surface area contributed by atoms with Crippen LogP contribution >= 0.6 is 0 Å². The summed E-state index contributed by atoms with van der Waals surface area (Å²) in [7, 11) is 0. The molecule has 0 aliphatic carbocycles. The van der Waals surface area contributed by atoms with Crippen LogP contribution in [0.3, 0.4) is 0 Å². The zero-order valence-corrected chi connectivity index (χ0v) is 11.5. The summed E-state index contributed by atoms with van der Waals surface area (Å²) < 4.78 is 0. The summed E-state index contributed by atoms with van der Waals surface area (Å²) >= 11 is 0. The summed E-state index contributed by atoms with van der Waals surface area (Å²) in [6, 6.07) is 10.1. The van der Waals surface area contributed by atoms with Crippen molar-refractivity contribution >= 4 is 6.03 Å². The topological polar surface area (TPSA) is 45.2 Å². The van der Waals surface area contributed by atoms with Gasteiger partial charge < -0.3 is 10.2 Å². The average Bonchev–Trinajstić information content (AvgIpc) is 2.90. The van der Waals surface area contributed by atoms with Gasteiger partial charge in [0.15, 0.2) is 0 Å². The number of hydrogen-bond donors (Lipinski definition) is 1. The molecule has 0 saturated carbocycles. The van der Waals surface area contributed by atoms with Crippen molar-refractivity contribution in [1.29, 1.82) is 0 Å². The minimum absolute atomic E-state index is 0.0261. The van der Waals surface area contributed by atoms with Crippen molar-refractivity contribution in [3.8, 4) is 0 Å². The number of aryl methyl sites for hydroxylation is 1. The van der Waals surface area contributed by atoms with E-state index in [0.717, 1.165) is 11.1 Å². The number of nitrogens with one attached hydrogen (secondary N) is 1. The first-order valence-electron chi connectivity index (χ1n) is 6.72. The van der Waals surface area contributed by atoms with Crippen LogP contribution in [0, 0.1) is 6.92 Å². The van der Waals surface area contributed by atoms with Gasteiger partial charge in [-0.1, -0.05) is 29.8 Å². The van der Waals surface area contributed by atoms with E-state index < -0.39 is 0 Å². The standard InChI is InChI=1S/C16H17N3O/c1-12-2-4-13(5-3-12)8-18-16(20)19-10-14-6-7-17-9-15(14)11-19/h2-7,9H,8,10-11H2,1H3,(H,18,20). The first-order valence-corrected chi connectivity index (χ1v) is 6.72. The largest absolute Gasteiger partial charge is 0.334 e. The maximum absolute atomic E-state index is 12.1. The van der Waals surface area contributed by atoms with E-state index in [-0.39, 0.29) is 6.03 Å². The molecule has 102 valence electrons. The van der Waals surface area contributed by atoms with Crippen molar-refractivity contribution in [2.24, 2.45) is 0 Å². The molecular formula is C16H17N3O. The van der Waals surface area contributed by atoms with Crippen LogP contribution in [0.25, 0.3) is 0 Å². The second kappa shape index (κ2) is 5.33. The predicted molar refractivity (Wildman–Crippen MR) is 76.9 cm³/mol. The highest BCUT2D eigenvalue weighted by Crippen LogP contribution is 2.21. The Hall–Kier alpha value is -2.36. The van der Waals surface area contributed by atoms with Gasteiger partial charge in [-0.25, -0.2) is 4.79 Å². The van der Waals surface area contributed by atoms with Crippen molar-refractivity contribution in [3.63, 3.8) is 0 Å². The number of pyridine rings is 1.